The number of likely N-dealkylation sites (tertiary alicyclic amines) is 1. The number of anilines is 3. The third kappa shape index (κ3) is 11.1. The van der Waals surface area contributed by atoms with Crippen molar-refractivity contribution in [2.45, 2.75) is 64.0 Å². The van der Waals surface area contributed by atoms with Crippen molar-refractivity contribution in [3.8, 4) is 5.75 Å². The molecule has 11 N–H and O–H groups in total. The molecule has 2 aromatic rings. The third-order valence-corrected chi connectivity index (χ3v) is 8.08. The number of hydrogen-bond donors (Lipinski definition) is 9. The fraction of sp³-hybridized carbons (Fsp3) is 0.552. The van der Waals surface area contributed by atoms with Gasteiger partial charge in [0.05, 0.1) is 11.8 Å². The molecular formula is C29H45ClN10O4. The van der Waals surface area contributed by atoms with E-state index in [1.807, 2.05) is 0 Å². The highest BCUT2D eigenvalue weighted by Crippen LogP contribution is 2.27. The second-order valence-electron chi connectivity index (χ2n) is 11.2. The van der Waals surface area contributed by atoms with Crippen molar-refractivity contribution in [2.24, 2.45) is 5.92 Å². The van der Waals surface area contributed by atoms with Crippen LogP contribution in [-0.4, -0.2) is 82.1 Å². The van der Waals surface area contributed by atoms with Gasteiger partial charge in [-0.3, -0.25) is 20.3 Å². The second-order valence-corrected chi connectivity index (χ2v) is 11.5. The quantitative estimate of drug-likeness (QED) is 0.0428. The molecule has 0 spiro atoms. The highest BCUT2D eigenvalue weighted by molar-refractivity contribution is 6.31. The SMILES string of the molecule is C[C@H](CCCC1CCN(CCCCNC(=N)NC(=O)c2nc(Cl)c(N)nc2N)CC1)NC[C@H](O)c1ccc(O)c(NC=O)c1. The topological polar surface area (TPSA) is 228 Å². The van der Waals surface area contributed by atoms with Gasteiger partial charge in [-0.1, -0.05) is 30.5 Å². The van der Waals surface area contributed by atoms with Gasteiger partial charge in [-0.25, -0.2) is 9.97 Å². The van der Waals surface area contributed by atoms with Crippen LogP contribution in [0, 0.1) is 11.3 Å². The average Bonchev–Trinajstić information content (AvgIpc) is 2.99. The van der Waals surface area contributed by atoms with E-state index in [0.29, 0.717) is 25.1 Å². The molecule has 242 valence electrons. The number of guanidine groups is 1. The fourth-order valence-electron chi connectivity index (χ4n) is 5.18. The minimum absolute atomic E-state index is 0.0412. The van der Waals surface area contributed by atoms with Crippen LogP contribution in [0.25, 0.3) is 0 Å². The number of carbonyl (C=O) groups is 2. The van der Waals surface area contributed by atoms with Crippen LogP contribution >= 0.6 is 11.6 Å². The van der Waals surface area contributed by atoms with Gasteiger partial charge < -0.3 is 42.5 Å². The van der Waals surface area contributed by atoms with E-state index in [0.717, 1.165) is 51.2 Å². The van der Waals surface area contributed by atoms with Crippen molar-refractivity contribution in [3.63, 3.8) is 0 Å². The highest BCUT2D eigenvalue weighted by Gasteiger charge is 2.20. The van der Waals surface area contributed by atoms with Crippen LogP contribution in [0.5, 0.6) is 5.75 Å². The molecule has 1 aromatic carbocycles. The van der Waals surface area contributed by atoms with Crippen molar-refractivity contribution in [3.05, 3.63) is 34.6 Å². The van der Waals surface area contributed by atoms with Gasteiger partial charge in [-0.2, -0.15) is 0 Å². The van der Waals surface area contributed by atoms with Crippen LogP contribution in [-0.2, 0) is 4.79 Å². The zero-order valence-electron chi connectivity index (χ0n) is 25.1. The van der Waals surface area contributed by atoms with E-state index in [-0.39, 0.29) is 45.9 Å². The van der Waals surface area contributed by atoms with E-state index >= 15 is 0 Å². The third-order valence-electron chi connectivity index (χ3n) is 7.80. The summed E-state index contributed by atoms with van der Waals surface area (Å²) < 4.78 is 0. The Kier molecular flexibility index (Phi) is 13.9. The Hall–Kier alpha value is -3.72. The van der Waals surface area contributed by atoms with Crippen molar-refractivity contribution in [2.75, 3.05) is 49.5 Å². The van der Waals surface area contributed by atoms with Crippen molar-refractivity contribution >= 4 is 47.2 Å². The summed E-state index contributed by atoms with van der Waals surface area (Å²) in [6.45, 7) is 6.24. The van der Waals surface area contributed by atoms with Gasteiger partial charge in [-0.15, -0.1) is 0 Å². The number of aromatic hydroxyl groups is 1. The summed E-state index contributed by atoms with van der Waals surface area (Å²) in [4.78, 5) is 33.1. The smallest absolute Gasteiger partial charge is 0.280 e. The summed E-state index contributed by atoms with van der Waals surface area (Å²) in [6, 6.07) is 4.95. The molecule has 2 amide bonds. The average molecular weight is 633 g/mol. The van der Waals surface area contributed by atoms with Crippen LogP contribution < -0.4 is 32.7 Å². The number of nitrogens with zero attached hydrogens (tertiary/aromatic N) is 3. The molecule has 1 saturated heterocycles. The normalized spacial score (nSPS) is 15.3. The van der Waals surface area contributed by atoms with Crippen molar-refractivity contribution in [1.82, 2.24) is 30.8 Å². The lowest BCUT2D eigenvalue weighted by molar-refractivity contribution is -0.105. The summed E-state index contributed by atoms with van der Waals surface area (Å²) >= 11 is 5.81. The zero-order chi connectivity index (χ0) is 32.1. The molecule has 2 atom stereocenters. The van der Waals surface area contributed by atoms with Crippen LogP contribution in [0.1, 0.15) is 74.0 Å². The summed E-state index contributed by atoms with van der Waals surface area (Å²) in [6.07, 6.45) is 7.32. The van der Waals surface area contributed by atoms with Crippen LogP contribution in [0.2, 0.25) is 5.15 Å². The lowest BCUT2D eigenvalue weighted by Gasteiger charge is -2.32. The lowest BCUT2D eigenvalue weighted by Crippen LogP contribution is -2.41. The molecule has 44 heavy (non-hydrogen) atoms. The number of nitrogen functional groups attached to an aromatic ring is 2. The molecule has 0 bridgehead atoms. The Morgan fingerprint density at radius 2 is 1.95 bits per heavy atom. The Morgan fingerprint density at radius 3 is 2.68 bits per heavy atom. The molecule has 1 fully saturated rings. The summed E-state index contributed by atoms with van der Waals surface area (Å²) in [5.41, 5.74) is 11.9. The molecule has 1 aliphatic heterocycles. The largest absolute Gasteiger partial charge is 0.506 e. The number of unbranched alkanes of at least 4 members (excludes halogenated alkanes) is 1. The van der Waals surface area contributed by atoms with Crippen LogP contribution in [0.4, 0.5) is 17.3 Å². The molecular weight excluding hydrogens is 588 g/mol. The Bertz CT molecular complexity index is 1260. The molecule has 0 unspecified atom stereocenters. The number of piperidine rings is 1. The van der Waals surface area contributed by atoms with Gasteiger partial charge in [0.25, 0.3) is 5.91 Å². The highest BCUT2D eigenvalue weighted by atomic mass is 35.5. The molecule has 3 rings (SSSR count). The van der Waals surface area contributed by atoms with E-state index in [9.17, 15) is 19.8 Å². The number of aromatic nitrogens is 2. The lowest BCUT2D eigenvalue weighted by atomic mass is 9.91. The second kappa shape index (κ2) is 17.5. The molecule has 1 aliphatic rings. The molecule has 0 aliphatic carbocycles. The van der Waals surface area contributed by atoms with E-state index in [2.05, 4.69) is 43.1 Å². The van der Waals surface area contributed by atoms with E-state index in [1.54, 1.807) is 12.1 Å². The molecule has 2 heterocycles. The maximum absolute atomic E-state index is 12.3. The molecule has 0 saturated carbocycles. The van der Waals surface area contributed by atoms with E-state index < -0.39 is 12.0 Å². The summed E-state index contributed by atoms with van der Waals surface area (Å²) in [5, 5.41) is 39.2. The monoisotopic (exact) mass is 632 g/mol. The number of nitrogens with two attached hydrogens (primary N) is 2. The maximum Gasteiger partial charge on any atom is 0.280 e. The number of aliphatic hydroxyl groups is 1. The predicted octanol–water partition coefficient (Wildman–Crippen LogP) is 2.20. The van der Waals surface area contributed by atoms with Gasteiger partial charge in [0, 0.05) is 19.1 Å². The number of aliphatic hydroxyl groups excluding tert-OH is 1. The van der Waals surface area contributed by atoms with Crippen molar-refractivity contribution < 1.29 is 19.8 Å². The van der Waals surface area contributed by atoms with Crippen molar-refractivity contribution in [1.29, 1.82) is 5.41 Å². The fourth-order valence-corrected chi connectivity index (χ4v) is 5.31. The van der Waals surface area contributed by atoms with Gasteiger partial charge in [0.15, 0.2) is 28.4 Å². The Labute approximate surface area is 262 Å². The molecule has 15 heteroatoms. The van der Waals surface area contributed by atoms with Crippen LogP contribution in [0.15, 0.2) is 18.2 Å². The number of nitrogens with one attached hydrogen (secondary N) is 5. The first-order chi connectivity index (χ1) is 21.1. The predicted molar refractivity (Wildman–Crippen MR) is 172 cm³/mol. The minimum Gasteiger partial charge on any atom is -0.506 e. The van der Waals surface area contributed by atoms with Gasteiger partial charge in [0.1, 0.15) is 5.75 Å². The number of phenolic OH excluding ortho intramolecular Hbond substituents is 1. The van der Waals surface area contributed by atoms with Gasteiger partial charge in [0.2, 0.25) is 6.41 Å². The Morgan fingerprint density at radius 1 is 1.20 bits per heavy atom. The number of phenols is 1. The number of halogens is 1. The van der Waals surface area contributed by atoms with Gasteiger partial charge in [-0.05, 0) is 82.3 Å². The molecule has 0 radical (unpaired) electrons. The molecule has 1 aromatic heterocycles. The summed E-state index contributed by atoms with van der Waals surface area (Å²) in [5.74, 6) is -0.366. The van der Waals surface area contributed by atoms with E-state index in [4.69, 9.17) is 28.5 Å². The maximum atomic E-state index is 12.3. The number of carbonyl (C=O) groups excluding carboxylic acids is 2. The number of hydrogen-bond acceptors (Lipinski definition) is 11. The first-order valence-corrected chi connectivity index (χ1v) is 15.3. The van der Waals surface area contributed by atoms with Gasteiger partial charge >= 0.3 is 0 Å². The zero-order valence-corrected chi connectivity index (χ0v) is 25.9. The number of amides is 2. The number of rotatable bonds is 16. The first-order valence-electron chi connectivity index (χ1n) is 15.0. The minimum atomic E-state index is -0.742. The molecule has 14 nitrogen and oxygen atoms in total. The van der Waals surface area contributed by atoms with E-state index in [1.165, 1.54) is 25.3 Å². The Balaban J connectivity index is 1.21. The summed E-state index contributed by atoms with van der Waals surface area (Å²) in [7, 11) is 0. The first kappa shape index (κ1) is 34.8. The van der Waals surface area contributed by atoms with Crippen LogP contribution in [0.3, 0.4) is 0 Å². The number of benzene rings is 1. The standard InChI is InChI=1S/C29H45ClN10O4/c1-18(35-16-23(43)20-7-8-22(42)21(15-20)36-17-41)5-4-6-19-9-13-40(14-10-19)12-3-2-11-34-29(33)39-28(44)24-26(31)38-27(32)25(30)37-24/h7-8,15,17-19,23,35,42-43H,2-6,9-14,16H2,1H3,(H,36,41)(H4,31,32,38)(H3,33,34,39,44)/t18-,23+/m1/s1.